The van der Waals surface area contributed by atoms with Gasteiger partial charge in [-0.2, -0.15) is 0 Å². The fraction of sp³-hybridized carbons (Fsp3) is 0.105. The minimum Gasteiger partial charge on any atom is -0.490 e. The minimum atomic E-state index is -1.28. The molecule has 0 spiro atoms. The second-order valence-electron chi connectivity index (χ2n) is 5.21. The molecule has 0 fully saturated rings. The monoisotopic (exact) mass is 325 g/mol. The average Bonchev–Trinajstić information content (AvgIpc) is 2.62. The molecule has 0 saturated heterocycles. The highest BCUT2D eigenvalue weighted by Gasteiger charge is 2.32. The summed E-state index contributed by atoms with van der Waals surface area (Å²) < 4.78 is 5.80. The second kappa shape index (κ2) is 6.82. The zero-order valence-corrected chi connectivity index (χ0v) is 13.1. The van der Waals surface area contributed by atoms with Crippen LogP contribution in [0.3, 0.4) is 0 Å². The van der Waals surface area contributed by atoms with Crippen molar-refractivity contribution < 1.29 is 9.84 Å². The molecule has 1 aromatic heterocycles. The van der Waals surface area contributed by atoms with Crippen LogP contribution in [-0.2, 0) is 5.60 Å². The van der Waals surface area contributed by atoms with Gasteiger partial charge in [0.25, 0.3) is 0 Å². The van der Waals surface area contributed by atoms with Gasteiger partial charge < -0.3 is 9.84 Å². The van der Waals surface area contributed by atoms with Crippen molar-refractivity contribution in [1.82, 2.24) is 4.98 Å². The average molecular weight is 326 g/mol. The zero-order valence-electron chi connectivity index (χ0n) is 12.4. The highest BCUT2D eigenvalue weighted by Crippen LogP contribution is 2.30. The van der Waals surface area contributed by atoms with Crippen molar-refractivity contribution in [3.8, 4) is 5.75 Å². The van der Waals surface area contributed by atoms with Gasteiger partial charge in [0.15, 0.2) is 0 Å². The Morgan fingerprint density at radius 2 is 1.61 bits per heavy atom. The molecular weight excluding hydrogens is 310 g/mol. The predicted molar refractivity (Wildman–Crippen MR) is 90.6 cm³/mol. The van der Waals surface area contributed by atoms with Gasteiger partial charge in [-0.3, -0.25) is 4.98 Å². The Labute approximate surface area is 140 Å². The highest BCUT2D eigenvalue weighted by molar-refractivity contribution is 6.30. The maximum Gasteiger partial charge on any atom is 0.150 e. The van der Waals surface area contributed by atoms with Crippen LogP contribution >= 0.6 is 11.6 Å². The van der Waals surface area contributed by atoms with Crippen LogP contribution in [0, 0.1) is 0 Å². The van der Waals surface area contributed by atoms with E-state index in [9.17, 15) is 5.11 Å². The van der Waals surface area contributed by atoms with Gasteiger partial charge in [-0.25, -0.2) is 0 Å². The van der Waals surface area contributed by atoms with Crippen LogP contribution in [0.5, 0.6) is 5.75 Å². The van der Waals surface area contributed by atoms with E-state index in [0.29, 0.717) is 16.3 Å². The summed E-state index contributed by atoms with van der Waals surface area (Å²) in [5.41, 5.74) is 0.150. The number of halogens is 1. The van der Waals surface area contributed by atoms with E-state index in [4.69, 9.17) is 16.3 Å². The number of aromatic nitrogens is 1. The summed E-state index contributed by atoms with van der Waals surface area (Å²) in [6.45, 7) is 0.0737. The van der Waals surface area contributed by atoms with Crippen LogP contribution in [-0.4, -0.2) is 16.7 Å². The van der Waals surface area contributed by atoms with E-state index in [1.54, 1.807) is 42.7 Å². The summed E-state index contributed by atoms with van der Waals surface area (Å²) in [4.78, 5) is 4.11. The quantitative estimate of drug-likeness (QED) is 0.769. The molecular formula is C19H16ClNO2. The van der Waals surface area contributed by atoms with Crippen molar-refractivity contribution >= 4 is 11.6 Å². The molecule has 0 aliphatic carbocycles. The lowest BCUT2D eigenvalue weighted by atomic mass is 9.88. The standard InChI is InChI=1S/C19H16ClNO2/c20-17-8-10-18(11-9-17)23-14-19(22,15-5-2-1-3-6-15)16-7-4-12-21-13-16/h1-13,22H,14H2/t19-/m0/s1. The van der Waals surface area contributed by atoms with Gasteiger partial charge in [-0.05, 0) is 35.9 Å². The lowest BCUT2D eigenvalue weighted by molar-refractivity contribution is 0.0273. The lowest BCUT2D eigenvalue weighted by Gasteiger charge is -2.29. The third kappa shape index (κ3) is 3.52. The van der Waals surface area contributed by atoms with E-state index in [2.05, 4.69) is 4.98 Å². The van der Waals surface area contributed by atoms with Crippen molar-refractivity contribution in [2.75, 3.05) is 6.61 Å². The normalized spacial score (nSPS) is 13.3. The molecule has 0 aliphatic rings. The fourth-order valence-corrected chi connectivity index (χ4v) is 2.50. The largest absolute Gasteiger partial charge is 0.490 e. The summed E-state index contributed by atoms with van der Waals surface area (Å²) in [5.74, 6) is 0.646. The molecule has 3 aromatic rings. The van der Waals surface area contributed by atoms with Gasteiger partial charge in [-0.15, -0.1) is 0 Å². The Hall–Kier alpha value is -2.36. The van der Waals surface area contributed by atoms with Gasteiger partial charge in [0, 0.05) is 23.0 Å². The smallest absolute Gasteiger partial charge is 0.150 e. The summed E-state index contributed by atoms with van der Waals surface area (Å²) in [6.07, 6.45) is 3.33. The van der Waals surface area contributed by atoms with E-state index in [1.165, 1.54) is 0 Å². The van der Waals surface area contributed by atoms with Crippen LogP contribution < -0.4 is 4.74 Å². The van der Waals surface area contributed by atoms with Crippen LogP contribution in [0.2, 0.25) is 5.02 Å². The Morgan fingerprint density at radius 1 is 0.913 bits per heavy atom. The SMILES string of the molecule is O[C@@](COc1ccc(Cl)cc1)(c1ccccc1)c1cccnc1. The minimum absolute atomic E-state index is 0.0737. The van der Waals surface area contributed by atoms with Gasteiger partial charge in [0.1, 0.15) is 18.0 Å². The predicted octanol–water partition coefficient (Wildman–Crippen LogP) is 4.05. The molecule has 0 unspecified atom stereocenters. The van der Waals surface area contributed by atoms with Crippen molar-refractivity contribution in [2.24, 2.45) is 0 Å². The number of benzene rings is 2. The summed E-state index contributed by atoms with van der Waals surface area (Å²) in [7, 11) is 0. The molecule has 0 bridgehead atoms. The zero-order chi connectivity index (χ0) is 16.1. The van der Waals surface area contributed by atoms with Crippen LogP contribution in [0.25, 0.3) is 0 Å². The molecule has 0 aliphatic heterocycles. The van der Waals surface area contributed by atoms with Gasteiger partial charge in [0.05, 0.1) is 0 Å². The molecule has 0 amide bonds. The molecule has 1 heterocycles. The Kier molecular flexibility index (Phi) is 4.60. The lowest BCUT2D eigenvalue weighted by Crippen LogP contribution is -2.34. The Bertz CT molecular complexity index is 706. The van der Waals surface area contributed by atoms with Crippen LogP contribution in [0.15, 0.2) is 79.1 Å². The first-order chi connectivity index (χ1) is 11.2. The van der Waals surface area contributed by atoms with Crippen molar-refractivity contribution in [1.29, 1.82) is 0 Å². The van der Waals surface area contributed by atoms with E-state index < -0.39 is 5.60 Å². The number of hydrogen-bond acceptors (Lipinski definition) is 3. The van der Waals surface area contributed by atoms with Crippen molar-refractivity contribution in [3.63, 3.8) is 0 Å². The first kappa shape index (κ1) is 15.5. The van der Waals surface area contributed by atoms with E-state index in [0.717, 1.165) is 5.56 Å². The van der Waals surface area contributed by atoms with Crippen molar-refractivity contribution in [3.05, 3.63) is 95.3 Å². The highest BCUT2D eigenvalue weighted by atomic mass is 35.5. The fourth-order valence-electron chi connectivity index (χ4n) is 2.37. The molecule has 3 rings (SSSR count). The molecule has 0 radical (unpaired) electrons. The van der Waals surface area contributed by atoms with Gasteiger partial charge in [0.2, 0.25) is 0 Å². The maximum atomic E-state index is 11.3. The van der Waals surface area contributed by atoms with E-state index >= 15 is 0 Å². The number of pyridine rings is 1. The molecule has 2 aromatic carbocycles. The molecule has 0 saturated carbocycles. The first-order valence-corrected chi connectivity index (χ1v) is 7.63. The summed E-state index contributed by atoms with van der Waals surface area (Å²) >= 11 is 5.88. The second-order valence-corrected chi connectivity index (χ2v) is 5.65. The number of aliphatic hydroxyl groups is 1. The van der Waals surface area contributed by atoms with Crippen LogP contribution in [0.4, 0.5) is 0 Å². The van der Waals surface area contributed by atoms with E-state index in [1.807, 2.05) is 36.4 Å². The molecule has 116 valence electrons. The summed E-state index contributed by atoms with van der Waals surface area (Å²) in [5, 5.41) is 11.9. The van der Waals surface area contributed by atoms with Gasteiger partial charge in [-0.1, -0.05) is 48.0 Å². The molecule has 3 nitrogen and oxygen atoms in total. The van der Waals surface area contributed by atoms with Crippen molar-refractivity contribution in [2.45, 2.75) is 5.60 Å². The molecule has 1 atom stereocenters. The summed E-state index contributed by atoms with van der Waals surface area (Å²) in [6, 6.07) is 20.1. The Balaban J connectivity index is 1.91. The molecule has 4 heteroatoms. The topological polar surface area (TPSA) is 42.4 Å². The number of hydrogen-bond donors (Lipinski definition) is 1. The number of rotatable bonds is 5. The third-order valence-corrected chi connectivity index (χ3v) is 3.90. The third-order valence-electron chi connectivity index (χ3n) is 3.65. The molecule has 1 N–H and O–H groups in total. The maximum absolute atomic E-state index is 11.3. The number of ether oxygens (including phenoxy) is 1. The Morgan fingerprint density at radius 3 is 2.26 bits per heavy atom. The van der Waals surface area contributed by atoms with E-state index in [-0.39, 0.29) is 6.61 Å². The van der Waals surface area contributed by atoms with Crippen LogP contribution in [0.1, 0.15) is 11.1 Å². The first-order valence-electron chi connectivity index (χ1n) is 7.25. The molecule has 23 heavy (non-hydrogen) atoms. The van der Waals surface area contributed by atoms with Gasteiger partial charge >= 0.3 is 0 Å². The number of nitrogens with zero attached hydrogens (tertiary/aromatic N) is 1.